The first kappa shape index (κ1) is 15.0. The van der Waals surface area contributed by atoms with Crippen LogP contribution >= 0.6 is 20.7 Å². The van der Waals surface area contributed by atoms with Gasteiger partial charge in [0.05, 0.1) is 3.63 Å². The molecule has 0 radical (unpaired) electrons. The van der Waals surface area contributed by atoms with E-state index in [1.54, 1.807) is 12.1 Å². The van der Waals surface area contributed by atoms with Crippen molar-refractivity contribution in [2.45, 2.75) is 6.61 Å². The number of allylic oxidation sites excluding steroid dienone is 2. The van der Waals surface area contributed by atoms with Gasteiger partial charge in [-0.15, -0.1) is 0 Å². The molecule has 0 amide bonds. The Kier molecular flexibility index (Phi) is 5.00. The molecule has 0 saturated heterocycles. The SMILES string of the molecule is Fc1ccc(NC2=IC(OCc3ccccc3)=CC=C2)cc1. The Morgan fingerprint density at radius 2 is 1.77 bits per heavy atom. The van der Waals surface area contributed by atoms with Crippen LogP contribution < -0.4 is 5.32 Å². The van der Waals surface area contributed by atoms with Crippen LogP contribution in [-0.2, 0) is 11.3 Å². The average molecular weight is 407 g/mol. The lowest BCUT2D eigenvalue weighted by molar-refractivity contribution is 0.231. The van der Waals surface area contributed by atoms with Crippen LogP contribution in [0.5, 0.6) is 0 Å². The molecule has 2 nitrogen and oxygen atoms in total. The molecule has 1 aliphatic heterocycles. The van der Waals surface area contributed by atoms with Crippen LogP contribution in [0.15, 0.2) is 76.6 Å². The Bertz CT molecular complexity index is 721. The normalized spacial score (nSPS) is 13.7. The van der Waals surface area contributed by atoms with Gasteiger partial charge in [-0.1, -0.05) is 36.4 Å². The average Bonchev–Trinajstić information content (AvgIpc) is 2.57. The van der Waals surface area contributed by atoms with Gasteiger partial charge in [-0.25, -0.2) is 4.39 Å². The highest BCUT2D eigenvalue weighted by molar-refractivity contribution is 14.2. The summed E-state index contributed by atoms with van der Waals surface area (Å²) >= 11 is -0.385. The van der Waals surface area contributed by atoms with Gasteiger partial charge in [0.15, 0.2) is 3.77 Å². The van der Waals surface area contributed by atoms with E-state index in [4.69, 9.17) is 4.74 Å². The molecule has 0 atom stereocenters. The molecular formula is C18H15FINO. The summed E-state index contributed by atoms with van der Waals surface area (Å²) in [7, 11) is 0. The zero-order chi connectivity index (χ0) is 15.2. The third kappa shape index (κ3) is 4.27. The molecule has 0 saturated carbocycles. The minimum absolute atomic E-state index is 0.226. The van der Waals surface area contributed by atoms with Crippen LogP contribution in [0.1, 0.15) is 5.56 Å². The second-order valence-electron chi connectivity index (χ2n) is 4.68. The van der Waals surface area contributed by atoms with Crippen LogP contribution in [0.2, 0.25) is 0 Å². The molecule has 4 heteroatoms. The fourth-order valence-electron chi connectivity index (χ4n) is 1.91. The summed E-state index contributed by atoms with van der Waals surface area (Å²) in [6.07, 6.45) is 6.05. The monoisotopic (exact) mass is 407 g/mol. The predicted molar refractivity (Wildman–Crippen MR) is 97.5 cm³/mol. The van der Waals surface area contributed by atoms with E-state index < -0.39 is 0 Å². The fourth-order valence-corrected chi connectivity index (χ4v) is 4.02. The Balaban J connectivity index is 1.62. The zero-order valence-electron chi connectivity index (χ0n) is 11.8. The fraction of sp³-hybridized carbons (Fsp3) is 0.0556. The molecule has 1 aliphatic rings. The van der Waals surface area contributed by atoms with Crippen molar-refractivity contribution in [1.82, 2.24) is 0 Å². The lowest BCUT2D eigenvalue weighted by Gasteiger charge is -2.12. The maximum atomic E-state index is 12.9. The molecule has 0 bridgehead atoms. The Morgan fingerprint density at radius 1 is 1.00 bits per heavy atom. The van der Waals surface area contributed by atoms with Gasteiger partial charge in [-0.2, -0.15) is 0 Å². The van der Waals surface area contributed by atoms with Gasteiger partial charge in [-0.05, 0) is 62.7 Å². The molecule has 0 spiro atoms. The number of ether oxygens (including phenoxy) is 1. The van der Waals surface area contributed by atoms with Crippen molar-refractivity contribution in [2.24, 2.45) is 0 Å². The number of nitrogens with one attached hydrogen (secondary N) is 1. The van der Waals surface area contributed by atoms with Crippen molar-refractivity contribution in [1.29, 1.82) is 0 Å². The second kappa shape index (κ2) is 7.35. The quantitative estimate of drug-likeness (QED) is 0.708. The Hall–Kier alpha value is -1.95. The molecular weight excluding hydrogens is 392 g/mol. The summed E-state index contributed by atoms with van der Waals surface area (Å²) in [6.45, 7) is 0.587. The van der Waals surface area contributed by atoms with Crippen molar-refractivity contribution < 1.29 is 9.13 Å². The third-order valence-electron chi connectivity index (χ3n) is 2.99. The van der Waals surface area contributed by atoms with E-state index in [1.807, 2.05) is 36.4 Å². The minimum Gasteiger partial charge on any atom is -0.483 e. The first-order valence-corrected chi connectivity index (χ1v) is 9.05. The highest BCUT2D eigenvalue weighted by Crippen LogP contribution is 2.24. The number of rotatable bonds is 5. The number of benzene rings is 2. The Labute approximate surface area is 139 Å². The van der Waals surface area contributed by atoms with E-state index in [9.17, 15) is 4.39 Å². The number of anilines is 1. The number of halogens is 2. The molecule has 1 N–H and O–H groups in total. The maximum Gasteiger partial charge on any atom is 0.153 e. The minimum atomic E-state index is -0.385. The lowest BCUT2D eigenvalue weighted by atomic mass is 10.2. The topological polar surface area (TPSA) is 21.3 Å². The van der Waals surface area contributed by atoms with E-state index in [0.717, 1.165) is 18.6 Å². The zero-order valence-corrected chi connectivity index (χ0v) is 14.0. The van der Waals surface area contributed by atoms with Crippen molar-refractivity contribution in [3.63, 3.8) is 0 Å². The van der Waals surface area contributed by atoms with E-state index in [2.05, 4.69) is 17.4 Å². The van der Waals surface area contributed by atoms with Gasteiger partial charge >= 0.3 is 0 Å². The first-order valence-electron chi connectivity index (χ1n) is 6.89. The Morgan fingerprint density at radius 3 is 2.55 bits per heavy atom. The smallest absolute Gasteiger partial charge is 0.153 e. The summed E-state index contributed by atoms with van der Waals surface area (Å²) in [6, 6.07) is 16.5. The van der Waals surface area contributed by atoms with Gasteiger partial charge in [0, 0.05) is 5.69 Å². The van der Waals surface area contributed by atoms with Gasteiger partial charge in [0.2, 0.25) is 0 Å². The second-order valence-corrected chi connectivity index (χ2v) is 7.44. The summed E-state index contributed by atoms with van der Waals surface area (Å²) in [4.78, 5) is 0. The first-order chi connectivity index (χ1) is 10.8. The molecule has 0 aromatic heterocycles. The van der Waals surface area contributed by atoms with E-state index in [1.165, 1.54) is 12.1 Å². The van der Waals surface area contributed by atoms with Crippen LogP contribution in [-0.4, -0.2) is 3.63 Å². The molecule has 3 rings (SSSR count). The summed E-state index contributed by atoms with van der Waals surface area (Å²) < 4.78 is 21.0. The molecule has 0 unspecified atom stereocenters. The largest absolute Gasteiger partial charge is 0.483 e. The van der Waals surface area contributed by atoms with E-state index in [0.29, 0.717) is 6.61 Å². The highest BCUT2D eigenvalue weighted by atomic mass is 127. The van der Waals surface area contributed by atoms with Gasteiger partial charge in [0.25, 0.3) is 0 Å². The standard InChI is InChI=1S/C18H15FINO/c19-15-9-11-16(12-10-15)21-17-7-4-8-18(20-17)22-13-14-5-2-1-3-6-14/h1-12,21H,13H2. The predicted octanol–water partition coefficient (Wildman–Crippen LogP) is 4.97. The van der Waals surface area contributed by atoms with E-state index in [-0.39, 0.29) is 26.5 Å². The van der Waals surface area contributed by atoms with Crippen LogP contribution in [0.4, 0.5) is 10.1 Å². The van der Waals surface area contributed by atoms with Gasteiger partial charge in [0.1, 0.15) is 12.4 Å². The van der Waals surface area contributed by atoms with Crippen molar-refractivity contribution >= 4 is 30.1 Å². The summed E-state index contributed by atoms with van der Waals surface area (Å²) in [5.41, 5.74) is 2.06. The van der Waals surface area contributed by atoms with Crippen LogP contribution in [0, 0.1) is 5.82 Å². The molecule has 0 aliphatic carbocycles. The van der Waals surface area contributed by atoms with Crippen molar-refractivity contribution in [3.8, 4) is 0 Å². The van der Waals surface area contributed by atoms with Crippen LogP contribution in [0.3, 0.4) is 0 Å². The highest BCUT2D eigenvalue weighted by Gasteiger charge is 2.04. The molecule has 22 heavy (non-hydrogen) atoms. The number of hydrogen-bond donors (Lipinski definition) is 1. The molecule has 2 aromatic rings. The van der Waals surface area contributed by atoms with Crippen molar-refractivity contribution in [3.05, 3.63) is 88.0 Å². The number of hydrogen-bond acceptors (Lipinski definition) is 2. The third-order valence-corrected chi connectivity index (χ3v) is 5.41. The van der Waals surface area contributed by atoms with Gasteiger partial charge in [-0.3, -0.25) is 0 Å². The maximum absolute atomic E-state index is 12.9. The van der Waals surface area contributed by atoms with E-state index >= 15 is 0 Å². The van der Waals surface area contributed by atoms with Crippen LogP contribution in [0.25, 0.3) is 0 Å². The molecule has 112 valence electrons. The molecule has 1 heterocycles. The summed E-state index contributed by atoms with van der Waals surface area (Å²) in [5, 5.41) is 3.33. The molecule has 0 fully saturated rings. The van der Waals surface area contributed by atoms with Crippen molar-refractivity contribution in [2.75, 3.05) is 5.32 Å². The lowest BCUT2D eigenvalue weighted by Crippen LogP contribution is -2.07. The summed E-state index contributed by atoms with van der Waals surface area (Å²) in [5.74, 6) is -0.226. The molecule has 2 aromatic carbocycles. The van der Waals surface area contributed by atoms with Gasteiger partial charge < -0.3 is 10.1 Å².